The molecule has 2 aliphatic heterocycles. The zero-order chi connectivity index (χ0) is 9.31. The van der Waals surface area contributed by atoms with Gasteiger partial charge >= 0.3 is 0 Å². The van der Waals surface area contributed by atoms with E-state index in [0.717, 1.165) is 6.04 Å². The Hall–Kier alpha value is -0.0800. The Labute approximate surface area is 81.7 Å². The number of hydrogen-bond acceptors (Lipinski definition) is 2. The second kappa shape index (κ2) is 3.58. The summed E-state index contributed by atoms with van der Waals surface area (Å²) in [4.78, 5) is 2.65. The van der Waals surface area contributed by atoms with Gasteiger partial charge in [0.1, 0.15) is 0 Å². The molecular formula is C11H22N2. The van der Waals surface area contributed by atoms with E-state index in [1.54, 1.807) is 0 Å². The predicted octanol–water partition coefficient (Wildman–Crippen LogP) is 1.47. The fourth-order valence-corrected chi connectivity index (χ4v) is 2.79. The quantitative estimate of drug-likeness (QED) is 0.711. The Bertz CT molecular complexity index is 165. The van der Waals surface area contributed by atoms with Gasteiger partial charge in [0.25, 0.3) is 0 Å². The molecular weight excluding hydrogens is 160 g/mol. The molecule has 1 N–H and O–H groups in total. The second-order valence-corrected chi connectivity index (χ2v) is 4.97. The van der Waals surface area contributed by atoms with E-state index in [1.807, 2.05) is 0 Å². The molecule has 2 heteroatoms. The summed E-state index contributed by atoms with van der Waals surface area (Å²) in [5.41, 5.74) is 0.683. The number of rotatable bonds is 3. The lowest BCUT2D eigenvalue weighted by molar-refractivity contribution is -0.0147. The molecule has 0 saturated carbocycles. The van der Waals surface area contributed by atoms with E-state index >= 15 is 0 Å². The molecule has 0 bridgehead atoms. The van der Waals surface area contributed by atoms with E-state index in [4.69, 9.17) is 0 Å². The summed E-state index contributed by atoms with van der Waals surface area (Å²) in [5.74, 6) is 0. The van der Waals surface area contributed by atoms with Crippen LogP contribution in [0.25, 0.3) is 0 Å². The summed E-state index contributed by atoms with van der Waals surface area (Å²) in [6.07, 6.45) is 4.09. The number of nitrogens with zero attached hydrogens (tertiary/aromatic N) is 1. The molecule has 0 radical (unpaired) electrons. The van der Waals surface area contributed by atoms with Crippen molar-refractivity contribution in [3.63, 3.8) is 0 Å². The minimum absolute atomic E-state index is 0.683. The third-order valence-electron chi connectivity index (χ3n) is 3.74. The lowest BCUT2D eigenvalue weighted by atomic mass is 9.78. The molecule has 0 amide bonds. The van der Waals surface area contributed by atoms with Crippen molar-refractivity contribution in [2.45, 2.75) is 39.2 Å². The largest absolute Gasteiger partial charge is 0.316 e. The fraction of sp³-hybridized carbons (Fsp3) is 1.00. The maximum Gasteiger partial charge on any atom is 0.00945 e. The Morgan fingerprint density at radius 2 is 2.23 bits per heavy atom. The molecule has 2 saturated heterocycles. The van der Waals surface area contributed by atoms with Crippen LogP contribution >= 0.6 is 0 Å². The topological polar surface area (TPSA) is 15.3 Å². The maximum atomic E-state index is 3.48. The lowest BCUT2D eigenvalue weighted by Gasteiger charge is -2.50. The highest BCUT2D eigenvalue weighted by molar-refractivity contribution is 5.01. The SMILES string of the molecule is CCCC(C)N1CC2(CCNC2)C1. The van der Waals surface area contributed by atoms with E-state index in [-0.39, 0.29) is 0 Å². The number of hydrogen-bond donors (Lipinski definition) is 1. The normalized spacial score (nSPS) is 29.1. The Morgan fingerprint density at radius 1 is 1.46 bits per heavy atom. The van der Waals surface area contributed by atoms with Crippen molar-refractivity contribution in [3.8, 4) is 0 Å². The molecule has 1 unspecified atom stereocenters. The van der Waals surface area contributed by atoms with Crippen LogP contribution in [0.4, 0.5) is 0 Å². The van der Waals surface area contributed by atoms with Crippen LogP contribution in [0.2, 0.25) is 0 Å². The predicted molar refractivity (Wildman–Crippen MR) is 55.9 cm³/mol. The highest BCUT2D eigenvalue weighted by atomic mass is 15.2. The van der Waals surface area contributed by atoms with E-state index in [0.29, 0.717) is 5.41 Å². The van der Waals surface area contributed by atoms with Gasteiger partial charge in [-0.3, -0.25) is 4.90 Å². The number of likely N-dealkylation sites (tertiary alicyclic amines) is 1. The van der Waals surface area contributed by atoms with Crippen LogP contribution in [-0.2, 0) is 0 Å². The van der Waals surface area contributed by atoms with E-state index in [9.17, 15) is 0 Å². The van der Waals surface area contributed by atoms with Gasteiger partial charge in [-0.15, -0.1) is 0 Å². The summed E-state index contributed by atoms with van der Waals surface area (Å²) in [7, 11) is 0. The van der Waals surface area contributed by atoms with Crippen LogP contribution in [0.1, 0.15) is 33.1 Å². The minimum atomic E-state index is 0.683. The van der Waals surface area contributed by atoms with Gasteiger partial charge < -0.3 is 5.32 Å². The van der Waals surface area contributed by atoms with Crippen molar-refractivity contribution in [2.24, 2.45) is 5.41 Å². The van der Waals surface area contributed by atoms with Crippen molar-refractivity contribution in [2.75, 3.05) is 26.2 Å². The maximum absolute atomic E-state index is 3.48. The van der Waals surface area contributed by atoms with Crippen LogP contribution in [0.3, 0.4) is 0 Å². The van der Waals surface area contributed by atoms with Crippen molar-refractivity contribution in [1.82, 2.24) is 10.2 Å². The molecule has 2 heterocycles. The molecule has 2 rings (SSSR count). The lowest BCUT2D eigenvalue weighted by Crippen LogP contribution is -2.60. The Kier molecular flexibility index (Phi) is 2.61. The Morgan fingerprint density at radius 3 is 2.77 bits per heavy atom. The molecule has 13 heavy (non-hydrogen) atoms. The highest BCUT2D eigenvalue weighted by Gasteiger charge is 2.45. The van der Waals surface area contributed by atoms with Gasteiger partial charge in [0.2, 0.25) is 0 Å². The first-order valence-electron chi connectivity index (χ1n) is 5.70. The van der Waals surface area contributed by atoms with Crippen LogP contribution < -0.4 is 5.32 Å². The average Bonchev–Trinajstić information content (AvgIpc) is 2.49. The summed E-state index contributed by atoms with van der Waals surface area (Å²) in [5, 5.41) is 3.48. The van der Waals surface area contributed by atoms with Crippen LogP contribution in [-0.4, -0.2) is 37.1 Å². The smallest absolute Gasteiger partial charge is 0.00945 e. The first-order chi connectivity index (χ1) is 6.26. The molecule has 76 valence electrons. The summed E-state index contributed by atoms with van der Waals surface area (Å²) < 4.78 is 0. The molecule has 2 fully saturated rings. The monoisotopic (exact) mass is 182 g/mol. The van der Waals surface area contributed by atoms with E-state index < -0.39 is 0 Å². The minimum Gasteiger partial charge on any atom is -0.316 e. The van der Waals surface area contributed by atoms with Gasteiger partial charge in [0, 0.05) is 31.1 Å². The van der Waals surface area contributed by atoms with Crippen LogP contribution in [0.15, 0.2) is 0 Å². The summed E-state index contributed by atoms with van der Waals surface area (Å²) in [6.45, 7) is 9.86. The standard InChI is InChI=1S/C11H22N2/c1-3-4-10(2)13-8-11(9-13)5-6-12-7-11/h10,12H,3-9H2,1-2H3. The van der Waals surface area contributed by atoms with Gasteiger partial charge in [0.05, 0.1) is 0 Å². The first-order valence-corrected chi connectivity index (χ1v) is 5.70. The first kappa shape index (κ1) is 9.47. The molecule has 0 aromatic rings. The second-order valence-electron chi connectivity index (χ2n) is 4.97. The summed E-state index contributed by atoms with van der Waals surface area (Å²) >= 11 is 0. The Balaban J connectivity index is 1.76. The van der Waals surface area contributed by atoms with Crippen molar-refractivity contribution in [1.29, 1.82) is 0 Å². The fourth-order valence-electron chi connectivity index (χ4n) is 2.79. The van der Waals surface area contributed by atoms with Gasteiger partial charge in [-0.25, -0.2) is 0 Å². The van der Waals surface area contributed by atoms with Crippen LogP contribution in [0.5, 0.6) is 0 Å². The van der Waals surface area contributed by atoms with Gasteiger partial charge in [-0.05, 0) is 26.3 Å². The third kappa shape index (κ3) is 1.75. The van der Waals surface area contributed by atoms with Crippen molar-refractivity contribution < 1.29 is 0 Å². The zero-order valence-electron chi connectivity index (χ0n) is 8.97. The molecule has 0 aliphatic carbocycles. The van der Waals surface area contributed by atoms with Crippen LogP contribution in [0, 0.1) is 5.41 Å². The number of nitrogens with one attached hydrogen (secondary N) is 1. The molecule has 2 nitrogen and oxygen atoms in total. The van der Waals surface area contributed by atoms with Gasteiger partial charge in [-0.2, -0.15) is 0 Å². The molecule has 0 aromatic carbocycles. The molecule has 0 aromatic heterocycles. The van der Waals surface area contributed by atoms with Crippen molar-refractivity contribution >= 4 is 0 Å². The van der Waals surface area contributed by atoms with Gasteiger partial charge in [0.15, 0.2) is 0 Å². The van der Waals surface area contributed by atoms with Gasteiger partial charge in [-0.1, -0.05) is 13.3 Å². The molecule has 1 atom stereocenters. The average molecular weight is 182 g/mol. The molecule has 2 aliphatic rings. The third-order valence-corrected chi connectivity index (χ3v) is 3.74. The van der Waals surface area contributed by atoms with Crippen molar-refractivity contribution in [3.05, 3.63) is 0 Å². The molecule has 1 spiro atoms. The highest BCUT2D eigenvalue weighted by Crippen LogP contribution is 2.37. The van der Waals surface area contributed by atoms with E-state index in [1.165, 1.54) is 45.4 Å². The van der Waals surface area contributed by atoms with E-state index in [2.05, 4.69) is 24.1 Å². The zero-order valence-corrected chi connectivity index (χ0v) is 8.97. The summed E-state index contributed by atoms with van der Waals surface area (Å²) in [6, 6.07) is 0.816.